The summed E-state index contributed by atoms with van der Waals surface area (Å²) in [6.45, 7) is 6.29. The summed E-state index contributed by atoms with van der Waals surface area (Å²) in [6, 6.07) is 102. The van der Waals surface area contributed by atoms with E-state index in [1.807, 2.05) is 18.2 Å². The van der Waals surface area contributed by atoms with E-state index >= 15 is 0 Å². The Morgan fingerprint density at radius 3 is 1.20 bits per heavy atom. The molecular formula is C92H81N. The lowest BCUT2D eigenvalue weighted by Gasteiger charge is -2.33. The Balaban J connectivity index is 0.000000230. The number of nitrogens with zero attached hydrogens (tertiary/aromatic N) is 1. The molecule has 454 valence electrons. The van der Waals surface area contributed by atoms with Crippen LogP contribution in [0.2, 0.25) is 0 Å². The van der Waals surface area contributed by atoms with Crippen LogP contribution in [-0.2, 0) is 43.9 Å². The second kappa shape index (κ2) is 26.6. The van der Waals surface area contributed by atoms with E-state index in [-0.39, 0.29) is 5.41 Å². The topological polar surface area (TPSA) is 4.93 Å². The third kappa shape index (κ3) is 12.5. The average molecular weight is 1200 g/mol. The van der Waals surface area contributed by atoms with E-state index in [4.69, 9.17) is 0 Å². The van der Waals surface area contributed by atoms with Crippen molar-refractivity contribution >= 4 is 40.0 Å². The van der Waals surface area contributed by atoms with Crippen LogP contribution in [0.15, 0.2) is 280 Å². The van der Waals surface area contributed by atoms with Crippen molar-refractivity contribution in [2.45, 2.75) is 102 Å². The summed E-state index contributed by atoms with van der Waals surface area (Å²) in [7, 11) is 0. The first kappa shape index (κ1) is 59.2. The second-order valence-corrected chi connectivity index (χ2v) is 26.5. The van der Waals surface area contributed by atoms with Gasteiger partial charge < -0.3 is 4.57 Å². The van der Waals surface area contributed by atoms with Crippen molar-refractivity contribution in [3.63, 3.8) is 0 Å². The minimum absolute atomic E-state index is 0.0397. The van der Waals surface area contributed by atoms with E-state index in [0.717, 1.165) is 5.56 Å². The van der Waals surface area contributed by atoms with Crippen LogP contribution in [0, 0.1) is 6.92 Å². The van der Waals surface area contributed by atoms with Gasteiger partial charge in [0.25, 0.3) is 0 Å². The summed E-state index contributed by atoms with van der Waals surface area (Å²) < 4.78 is 2.56. The van der Waals surface area contributed by atoms with Crippen molar-refractivity contribution in [2.75, 3.05) is 0 Å². The van der Waals surface area contributed by atoms with Crippen LogP contribution < -0.4 is 0 Å². The SMILES string of the molecule is C(=C/c1ccc(-c2ccccc2)cc1)/c1ccc(-c2ccccc2)cc1.C=Cc1ccc(-c2ccc3c(c2)c2cc(-c4ccccc4)ccc2n3-c2ccc3c(c2)C(CCCCCc2ccc4c(c2)CC4)(CCCCCc2ccc4c(c2)CC4)c2cc(C)ccc2-3)cc1. The number of hydrogen-bond acceptors (Lipinski definition) is 0. The molecule has 1 aromatic heterocycles. The number of rotatable bonds is 20. The van der Waals surface area contributed by atoms with Gasteiger partial charge in [-0.1, -0.05) is 293 Å². The molecule has 1 heterocycles. The lowest BCUT2D eigenvalue weighted by molar-refractivity contribution is 0.401. The van der Waals surface area contributed by atoms with Gasteiger partial charge in [0.05, 0.1) is 11.0 Å². The van der Waals surface area contributed by atoms with E-state index < -0.39 is 0 Å². The van der Waals surface area contributed by atoms with Gasteiger partial charge in [-0.15, -0.1) is 0 Å². The molecule has 12 aromatic carbocycles. The van der Waals surface area contributed by atoms with Gasteiger partial charge in [-0.2, -0.15) is 0 Å². The molecule has 0 saturated carbocycles. The van der Waals surface area contributed by atoms with E-state index in [1.165, 1.54) is 206 Å². The number of fused-ring (bicyclic) bond motifs is 8. The predicted molar refractivity (Wildman–Crippen MR) is 397 cm³/mol. The summed E-state index contributed by atoms with van der Waals surface area (Å²) in [5.74, 6) is 0. The van der Waals surface area contributed by atoms with Crippen molar-refractivity contribution in [1.82, 2.24) is 4.57 Å². The van der Waals surface area contributed by atoms with Crippen molar-refractivity contribution < 1.29 is 0 Å². The van der Waals surface area contributed by atoms with Gasteiger partial charge in [0.2, 0.25) is 0 Å². The Labute approximate surface area is 551 Å². The van der Waals surface area contributed by atoms with Crippen LogP contribution in [0.3, 0.4) is 0 Å². The average Bonchev–Trinajstić information content (AvgIpc) is 1.57. The van der Waals surface area contributed by atoms with Gasteiger partial charge in [-0.25, -0.2) is 0 Å². The van der Waals surface area contributed by atoms with Crippen LogP contribution in [-0.4, -0.2) is 4.57 Å². The second-order valence-electron chi connectivity index (χ2n) is 26.5. The Morgan fingerprint density at radius 1 is 0.344 bits per heavy atom. The highest BCUT2D eigenvalue weighted by atomic mass is 15.0. The van der Waals surface area contributed by atoms with Gasteiger partial charge in [0.1, 0.15) is 0 Å². The summed E-state index contributed by atoms with van der Waals surface area (Å²) in [4.78, 5) is 0. The van der Waals surface area contributed by atoms with E-state index in [2.05, 4.69) is 291 Å². The third-order valence-electron chi connectivity index (χ3n) is 20.6. The molecule has 16 rings (SSSR count). The smallest absolute Gasteiger partial charge is 0.0541 e. The molecule has 0 radical (unpaired) electrons. The molecule has 13 aromatic rings. The molecular weight excluding hydrogens is 1120 g/mol. The first-order valence-corrected chi connectivity index (χ1v) is 34.2. The monoisotopic (exact) mass is 1200 g/mol. The lowest BCUT2D eigenvalue weighted by Crippen LogP contribution is -2.26. The molecule has 0 fully saturated rings. The molecule has 0 N–H and O–H groups in total. The maximum atomic E-state index is 3.99. The van der Waals surface area contributed by atoms with E-state index in [0.29, 0.717) is 0 Å². The molecule has 0 aliphatic heterocycles. The van der Waals surface area contributed by atoms with Gasteiger partial charge in [-0.3, -0.25) is 0 Å². The van der Waals surface area contributed by atoms with Crippen LogP contribution in [0.4, 0.5) is 0 Å². The number of unbranched alkanes of at least 4 members (excludes halogenated alkanes) is 4. The molecule has 0 amide bonds. The summed E-state index contributed by atoms with van der Waals surface area (Å²) in [5, 5.41) is 2.57. The Bertz CT molecular complexity index is 4680. The van der Waals surface area contributed by atoms with Gasteiger partial charge in [-0.05, 0) is 224 Å². The zero-order valence-corrected chi connectivity index (χ0v) is 53.8. The number of aromatic nitrogens is 1. The fourth-order valence-electron chi connectivity index (χ4n) is 15.2. The quantitative estimate of drug-likeness (QED) is 0.0529. The van der Waals surface area contributed by atoms with Gasteiger partial charge in [0, 0.05) is 21.9 Å². The minimum atomic E-state index is -0.0397. The largest absolute Gasteiger partial charge is 0.309 e. The fraction of sp³-hybridized carbons (Fsp3) is 0.174. The Hall–Kier alpha value is -10.1. The normalized spacial score (nSPS) is 13.1. The molecule has 1 heteroatoms. The molecule has 0 unspecified atom stereocenters. The maximum Gasteiger partial charge on any atom is 0.0541 e. The number of aryl methyl sites for hydroxylation is 7. The van der Waals surface area contributed by atoms with E-state index in [1.54, 1.807) is 27.8 Å². The summed E-state index contributed by atoms with van der Waals surface area (Å²) >= 11 is 0. The van der Waals surface area contributed by atoms with Crippen LogP contribution in [0.5, 0.6) is 0 Å². The molecule has 3 aliphatic carbocycles. The first-order valence-electron chi connectivity index (χ1n) is 34.2. The zero-order chi connectivity index (χ0) is 62.5. The van der Waals surface area contributed by atoms with Crippen molar-refractivity contribution in [1.29, 1.82) is 0 Å². The van der Waals surface area contributed by atoms with Gasteiger partial charge in [0.15, 0.2) is 0 Å². The standard InChI is InChI=1S/C66H61N.C26H20/c1-3-46-18-22-50(23-19-46)56-31-36-65-61(43-56)60-42-55(49-15-9-4-10-16-49)30-35-64(60)67(65)57-32-34-59-58-33-17-45(2)39-62(58)66(63(59)44-57,37-11-5-7-13-47-20-24-51-26-28-53(51)40-47)38-12-6-8-14-48-21-25-52-27-29-54(52)41-48;1-3-7-23(8-4-1)25-17-13-21(14-18-25)11-12-22-15-19-26(20-16-22)24-9-5-2-6-10-24/h3-4,9-10,15-25,30-36,39-44H,1,5-8,11-14,26-29,37-38H2,2H3;1-20H/b;12-11-. The molecule has 93 heavy (non-hydrogen) atoms. The first-order chi connectivity index (χ1) is 45.9. The zero-order valence-electron chi connectivity index (χ0n) is 53.8. The highest BCUT2D eigenvalue weighted by Crippen LogP contribution is 2.55. The van der Waals surface area contributed by atoms with Crippen molar-refractivity contribution in [2.24, 2.45) is 0 Å². The molecule has 0 bridgehead atoms. The van der Waals surface area contributed by atoms with Crippen molar-refractivity contribution in [3.05, 3.63) is 346 Å². The molecule has 3 aliphatic rings. The van der Waals surface area contributed by atoms with Gasteiger partial charge >= 0.3 is 0 Å². The third-order valence-corrected chi connectivity index (χ3v) is 20.6. The maximum absolute atomic E-state index is 3.99. The van der Waals surface area contributed by atoms with Crippen molar-refractivity contribution in [3.8, 4) is 61.3 Å². The Kier molecular flexibility index (Phi) is 17.0. The van der Waals surface area contributed by atoms with E-state index in [9.17, 15) is 0 Å². The van der Waals surface area contributed by atoms with Crippen LogP contribution >= 0.6 is 0 Å². The highest BCUT2D eigenvalue weighted by molar-refractivity contribution is 6.12. The molecule has 0 atom stereocenters. The summed E-state index contributed by atoms with van der Waals surface area (Å²) in [6.07, 6.45) is 23.4. The Morgan fingerprint density at radius 2 is 0.753 bits per heavy atom. The van der Waals surface area contributed by atoms with Crippen LogP contribution in [0.25, 0.3) is 101 Å². The van der Waals surface area contributed by atoms with Crippen LogP contribution in [0.1, 0.15) is 118 Å². The summed E-state index contributed by atoms with van der Waals surface area (Å²) in [5.41, 5.74) is 33.9. The number of hydrogen-bond donors (Lipinski definition) is 0. The molecule has 0 spiro atoms. The predicted octanol–water partition coefficient (Wildman–Crippen LogP) is 24.3. The minimum Gasteiger partial charge on any atom is -0.309 e. The number of benzene rings is 12. The fourth-order valence-corrected chi connectivity index (χ4v) is 15.2. The highest BCUT2D eigenvalue weighted by Gasteiger charge is 2.43. The molecule has 1 nitrogen and oxygen atoms in total. The molecule has 0 saturated heterocycles. The lowest BCUT2D eigenvalue weighted by atomic mass is 9.70.